The van der Waals surface area contributed by atoms with Gasteiger partial charge in [0.15, 0.2) is 0 Å². The van der Waals surface area contributed by atoms with E-state index in [4.69, 9.17) is 0 Å². The first kappa shape index (κ1) is 16.4. The van der Waals surface area contributed by atoms with E-state index in [1.807, 2.05) is 6.20 Å². The summed E-state index contributed by atoms with van der Waals surface area (Å²) in [5.74, 6) is 0.467. The van der Waals surface area contributed by atoms with Crippen LogP contribution in [-0.2, 0) is 11.2 Å². The first-order valence-electron chi connectivity index (χ1n) is 9.58. The molecule has 0 spiro atoms. The number of carbonyl (C=O) groups excluding carboxylic acids is 1. The van der Waals surface area contributed by atoms with E-state index < -0.39 is 0 Å². The Balaban J connectivity index is 1.59. The van der Waals surface area contributed by atoms with Gasteiger partial charge in [-0.15, -0.1) is 0 Å². The first-order valence-corrected chi connectivity index (χ1v) is 9.58. The highest BCUT2D eigenvalue weighted by Gasteiger charge is 2.29. The molecule has 132 valence electrons. The number of nitrogens with zero attached hydrogens (tertiary/aromatic N) is 2. The minimum Gasteiger partial charge on any atom is -0.349 e. The van der Waals surface area contributed by atoms with Crippen LogP contribution in [0.3, 0.4) is 0 Å². The van der Waals surface area contributed by atoms with E-state index in [1.54, 1.807) is 0 Å². The van der Waals surface area contributed by atoms with Crippen LogP contribution in [0, 0.1) is 19.8 Å². The second-order valence-corrected chi connectivity index (χ2v) is 7.66. The number of fused-ring (bicyclic) bond motifs is 1. The van der Waals surface area contributed by atoms with Crippen LogP contribution in [0.1, 0.15) is 67.0 Å². The Hall–Kier alpha value is -2.10. The van der Waals surface area contributed by atoms with Crippen molar-refractivity contribution in [2.45, 2.75) is 64.8 Å². The average molecular weight is 337 g/mol. The highest BCUT2D eigenvalue weighted by molar-refractivity contribution is 5.79. The van der Waals surface area contributed by atoms with Gasteiger partial charge in [-0.05, 0) is 69.2 Å². The largest absolute Gasteiger partial charge is 0.349 e. The van der Waals surface area contributed by atoms with Crippen LogP contribution in [0.5, 0.6) is 0 Å². The fourth-order valence-electron chi connectivity index (χ4n) is 4.26. The molecule has 4 heteroatoms. The second-order valence-electron chi connectivity index (χ2n) is 7.66. The van der Waals surface area contributed by atoms with Gasteiger partial charge in [0.05, 0.1) is 17.9 Å². The molecule has 0 bridgehead atoms. The van der Waals surface area contributed by atoms with Gasteiger partial charge >= 0.3 is 0 Å². The number of benzene rings is 1. The van der Waals surface area contributed by atoms with Gasteiger partial charge in [-0.2, -0.15) is 5.10 Å². The van der Waals surface area contributed by atoms with Crippen LogP contribution in [-0.4, -0.2) is 15.7 Å². The number of rotatable bonds is 3. The van der Waals surface area contributed by atoms with Crippen molar-refractivity contribution in [1.29, 1.82) is 0 Å². The maximum absolute atomic E-state index is 12.5. The van der Waals surface area contributed by atoms with E-state index in [-0.39, 0.29) is 17.9 Å². The zero-order chi connectivity index (χ0) is 17.4. The minimum absolute atomic E-state index is 0.122. The molecule has 1 aromatic carbocycles. The van der Waals surface area contributed by atoms with E-state index in [0.717, 1.165) is 37.8 Å². The Kier molecular flexibility index (Phi) is 4.36. The molecule has 1 unspecified atom stereocenters. The van der Waals surface area contributed by atoms with E-state index in [2.05, 4.69) is 47.1 Å². The molecular weight excluding hydrogens is 310 g/mol. The average Bonchev–Trinajstić information content (AvgIpc) is 3.27. The fraction of sp³-hybridized carbons (Fsp3) is 0.524. The quantitative estimate of drug-likeness (QED) is 0.913. The third-order valence-electron chi connectivity index (χ3n) is 5.96. The number of aromatic nitrogens is 2. The van der Waals surface area contributed by atoms with Crippen molar-refractivity contribution in [2.75, 3.05) is 0 Å². The van der Waals surface area contributed by atoms with Crippen molar-refractivity contribution in [3.8, 4) is 5.69 Å². The van der Waals surface area contributed by atoms with E-state index in [0.29, 0.717) is 0 Å². The molecule has 0 saturated heterocycles. The lowest BCUT2D eigenvalue weighted by atomic mass is 9.92. The summed E-state index contributed by atoms with van der Waals surface area (Å²) in [5.41, 5.74) is 6.16. The van der Waals surface area contributed by atoms with Gasteiger partial charge in [-0.3, -0.25) is 4.79 Å². The van der Waals surface area contributed by atoms with Gasteiger partial charge in [-0.1, -0.05) is 18.9 Å². The molecule has 4 nitrogen and oxygen atoms in total. The number of carbonyl (C=O) groups is 1. The van der Waals surface area contributed by atoms with Crippen LogP contribution in [0.15, 0.2) is 24.4 Å². The molecule has 1 fully saturated rings. The van der Waals surface area contributed by atoms with E-state index in [1.165, 1.54) is 35.2 Å². The van der Waals surface area contributed by atoms with Gasteiger partial charge in [0.2, 0.25) is 5.91 Å². The van der Waals surface area contributed by atoms with Crippen molar-refractivity contribution in [2.24, 2.45) is 5.92 Å². The molecular formula is C21H27N3O. The molecule has 0 radical (unpaired) electrons. The van der Waals surface area contributed by atoms with Crippen molar-refractivity contribution < 1.29 is 4.79 Å². The second kappa shape index (κ2) is 6.66. The van der Waals surface area contributed by atoms with Gasteiger partial charge in [-0.25, -0.2) is 4.68 Å². The molecule has 1 saturated carbocycles. The fourth-order valence-corrected chi connectivity index (χ4v) is 4.26. The summed E-state index contributed by atoms with van der Waals surface area (Å²) in [6.07, 6.45) is 9.59. The molecule has 0 aliphatic heterocycles. The highest BCUT2D eigenvalue weighted by Crippen LogP contribution is 2.33. The Bertz CT molecular complexity index is 786. The molecule has 25 heavy (non-hydrogen) atoms. The molecule has 2 aliphatic rings. The van der Waals surface area contributed by atoms with Crippen molar-refractivity contribution >= 4 is 5.91 Å². The molecule has 2 aromatic rings. The lowest BCUT2D eigenvalue weighted by molar-refractivity contribution is -0.125. The van der Waals surface area contributed by atoms with Crippen molar-refractivity contribution in [3.63, 3.8) is 0 Å². The molecule has 2 aliphatic carbocycles. The third-order valence-corrected chi connectivity index (χ3v) is 5.96. The predicted molar refractivity (Wildman–Crippen MR) is 98.8 cm³/mol. The summed E-state index contributed by atoms with van der Waals surface area (Å²) < 4.78 is 2.07. The predicted octanol–water partition coefficient (Wildman–Crippen LogP) is 4.17. The maximum atomic E-state index is 12.5. The van der Waals surface area contributed by atoms with E-state index in [9.17, 15) is 4.79 Å². The highest BCUT2D eigenvalue weighted by atomic mass is 16.1. The zero-order valence-electron chi connectivity index (χ0n) is 15.2. The smallest absolute Gasteiger partial charge is 0.223 e. The summed E-state index contributed by atoms with van der Waals surface area (Å²) >= 11 is 0. The van der Waals surface area contributed by atoms with Crippen LogP contribution in [0.2, 0.25) is 0 Å². The summed E-state index contributed by atoms with van der Waals surface area (Å²) in [6.45, 7) is 4.27. The third kappa shape index (κ3) is 3.10. The summed E-state index contributed by atoms with van der Waals surface area (Å²) in [7, 11) is 0. The van der Waals surface area contributed by atoms with E-state index >= 15 is 0 Å². The number of amides is 1. The summed E-state index contributed by atoms with van der Waals surface area (Å²) in [5, 5.41) is 7.97. The number of aryl methyl sites for hydroxylation is 2. The number of nitrogens with one attached hydrogen (secondary N) is 1. The molecule has 1 N–H and O–H groups in total. The van der Waals surface area contributed by atoms with Crippen LogP contribution in [0.25, 0.3) is 5.69 Å². The topological polar surface area (TPSA) is 46.9 Å². The minimum atomic E-state index is 0.122. The standard InChI is InChI=1S/C21H27N3O/c1-14-10-11-17(12-15(14)2)24-20-9-5-8-19(18(20)13-22-24)23-21(25)16-6-3-4-7-16/h10-13,16,19H,3-9H2,1-2H3,(H,23,25). The van der Waals surface area contributed by atoms with Gasteiger partial charge in [0.25, 0.3) is 0 Å². The number of hydrogen-bond donors (Lipinski definition) is 1. The SMILES string of the molecule is Cc1ccc(-n2ncc3c2CCCC3NC(=O)C2CCCC2)cc1C. The Morgan fingerprint density at radius 2 is 1.92 bits per heavy atom. The zero-order valence-corrected chi connectivity index (χ0v) is 15.2. The van der Waals surface area contributed by atoms with Gasteiger partial charge in [0, 0.05) is 17.2 Å². The summed E-state index contributed by atoms with van der Waals surface area (Å²) in [4.78, 5) is 12.5. The maximum Gasteiger partial charge on any atom is 0.223 e. The van der Waals surface area contributed by atoms with Crippen LogP contribution in [0.4, 0.5) is 0 Å². The number of hydrogen-bond acceptors (Lipinski definition) is 2. The lowest BCUT2D eigenvalue weighted by Gasteiger charge is -2.25. The molecule has 1 atom stereocenters. The van der Waals surface area contributed by atoms with Crippen molar-refractivity contribution in [1.82, 2.24) is 15.1 Å². The first-order chi connectivity index (χ1) is 12.1. The van der Waals surface area contributed by atoms with Crippen LogP contribution < -0.4 is 5.32 Å². The van der Waals surface area contributed by atoms with Crippen LogP contribution >= 0.6 is 0 Å². The summed E-state index contributed by atoms with van der Waals surface area (Å²) in [6, 6.07) is 6.61. The van der Waals surface area contributed by atoms with Gasteiger partial charge < -0.3 is 5.32 Å². The molecule has 1 heterocycles. The normalized spacial score (nSPS) is 20.5. The molecule has 1 amide bonds. The Morgan fingerprint density at radius 1 is 1.12 bits per heavy atom. The Morgan fingerprint density at radius 3 is 2.68 bits per heavy atom. The van der Waals surface area contributed by atoms with Crippen molar-refractivity contribution in [3.05, 3.63) is 46.8 Å². The monoisotopic (exact) mass is 337 g/mol. The van der Waals surface area contributed by atoms with Gasteiger partial charge in [0.1, 0.15) is 0 Å². The lowest BCUT2D eigenvalue weighted by Crippen LogP contribution is -2.34. The Labute approximate surface area is 149 Å². The molecule has 4 rings (SSSR count). The molecule has 1 aromatic heterocycles.